The molecule has 0 atom stereocenters. The minimum atomic E-state index is -3.32. The highest BCUT2D eigenvalue weighted by Crippen LogP contribution is 2.22. The molecule has 164 valence electrons. The van der Waals surface area contributed by atoms with E-state index in [2.05, 4.69) is 47.9 Å². The molecule has 0 aromatic heterocycles. The first-order chi connectivity index (χ1) is 14.5. The highest BCUT2D eigenvalue weighted by molar-refractivity contribution is 7.89. The highest BCUT2D eigenvalue weighted by atomic mass is 32.2. The quantitative estimate of drug-likeness (QED) is 0.561. The zero-order chi connectivity index (χ0) is 21.4. The first-order valence-corrected chi connectivity index (χ1v) is 13.1. The van der Waals surface area contributed by atoms with Crippen molar-refractivity contribution in [3.05, 3.63) is 71.3 Å². The van der Waals surface area contributed by atoms with E-state index in [1.54, 1.807) is 4.31 Å². The van der Waals surface area contributed by atoms with Crippen molar-refractivity contribution >= 4 is 22.7 Å². The molecule has 0 bridgehead atoms. The van der Waals surface area contributed by atoms with Gasteiger partial charge in [-0.2, -0.15) is 16.9 Å². The van der Waals surface area contributed by atoms with E-state index in [0.717, 1.165) is 43.5 Å². The molecule has 30 heavy (non-hydrogen) atoms. The van der Waals surface area contributed by atoms with Crippen LogP contribution in [0, 0.1) is 12.8 Å². The number of hydrogen-bond donors (Lipinski definition) is 1. The zero-order valence-electron chi connectivity index (χ0n) is 17.9. The van der Waals surface area contributed by atoms with E-state index in [4.69, 9.17) is 0 Å². The molecular formula is C24H34N2O2S2. The largest absolute Gasteiger partial charge is 0.302 e. The molecule has 1 aliphatic heterocycles. The second-order valence-corrected chi connectivity index (χ2v) is 10.8. The maximum atomic E-state index is 13.0. The van der Waals surface area contributed by atoms with Gasteiger partial charge in [-0.3, -0.25) is 0 Å². The van der Waals surface area contributed by atoms with E-state index in [1.807, 2.05) is 31.2 Å². The Balaban J connectivity index is 1.50. The number of likely N-dealkylation sites (tertiary alicyclic amines) is 1. The molecule has 3 rings (SSSR count). The van der Waals surface area contributed by atoms with Crippen molar-refractivity contribution in [2.24, 2.45) is 5.92 Å². The van der Waals surface area contributed by atoms with Gasteiger partial charge in [0, 0.05) is 25.4 Å². The fourth-order valence-electron chi connectivity index (χ4n) is 4.14. The van der Waals surface area contributed by atoms with Crippen molar-refractivity contribution in [1.29, 1.82) is 0 Å². The average Bonchev–Trinajstić information content (AvgIpc) is 2.75. The van der Waals surface area contributed by atoms with Crippen LogP contribution in [0.2, 0.25) is 0 Å². The summed E-state index contributed by atoms with van der Waals surface area (Å²) in [6.45, 7) is 5.47. The van der Waals surface area contributed by atoms with E-state index in [9.17, 15) is 8.42 Å². The van der Waals surface area contributed by atoms with Crippen LogP contribution < -0.4 is 0 Å². The number of benzene rings is 2. The lowest BCUT2D eigenvalue weighted by molar-refractivity contribution is 0.192. The van der Waals surface area contributed by atoms with Crippen LogP contribution in [0.25, 0.3) is 0 Å². The summed E-state index contributed by atoms with van der Waals surface area (Å²) in [6.07, 6.45) is 3.40. The zero-order valence-corrected chi connectivity index (χ0v) is 19.6. The number of piperidine rings is 1. The second kappa shape index (κ2) is 11.3. The highest BCUT2D eigenvalue weighted by Gasteiger charge is 2.25. The first kappa shape index (κ1) is 23.3. The maximum Gasteiger partial charge on any atom is 0.215 e. The van der Waals surface area contributed by atoms with Gasteiger partial charge < -0.3 is 4.90 Å². The van der Waals surface area contributed by atoms with Gasteiger partial charge in [0.1, 0.15) is 0 Å². The van der Waals surface area contributed by atoms with Crippen molar-refractivity contribution in [3.63, 3.8) is 0 Å². The summed E-state index contributed by atoms with van der Waals surface area (Å²) in [7, 11) is -3.32. The van der Waals surface area contributed by atoms with Crippen LogP contribution in [0.15, 0.2) is 54.6 Å². The fraction of sp³-hybridized carbons (Fsp3) is 0.500. The van der Waals surface area contributed by atoms with Crippen molar-refractivity contribution in [2.75, 3.05) is 37.7 Å². The van der Waals surface area contributed by atoms with Crippen LogP contribution in [0.4, 0.5) is 0 Å². The number of sulfonamides is 1. The Morgan fingerprint density at radius 3 is 2.37 bits per heavy atom. The summed E-state index contributed by atoms with van der Waals surface area (Å²) < 4.78 is 27.7. The van der Waals surface area contributed by atoms with Crippen LogP contribution in [0.1, 0.15) is 29.5 Å². The van der Waals surface area contributed by atoms with E-state index in [1.165, 1.54) is 5.56 Å². The molecule has 1 heterocycles. The lowest BCUT2D eigenvalue weighted by atomic mass is 9.90. The minimum absolute atomic E-state index is 0.177. The summed E-state index contributed by atoms with van der Waals surface area (Å²) in [5.74, 6) is 1.40. The molecule has 1 saturated heterocycles. The summed E-state index contributed by atoms with van der Waals surface area (Å²) in [5.41, 5.74) is 3.58. The Labute approximate surface area is 187 Å². The van der Waals surface area contributed by atoms with Crippen molar-refractivity contribution in [3.8, 4) is 0 Å². The van der Waals surface area contributed by atoms with Gasteiger partial charge in [-0.1, -0.05) is 54.6 Å². The predicted octanol–water partition coefficient (Wildman–Crippen LogP) is 4.01. The SMILES string of the molecule is Cc1ccccc1CN(CCS)S(=O)(=O)CCN1CCC(Cc2ccccc2)CC1. The topological polar surface area (TPSA) is 40.6 Å². The van der Waals surface area contributed by atoms with E-state index >= 15 is 0 Å². The van der Waals surface area contributed by atoms with Crippen LogP contribution in [0.3, 0.4) is 0 Å². The molecular weight excluding hydrogens is 412 g/mol. The monoisotopic (exact) mass is 446 g/mol. The summed E-state index contributed by atoms with van der Waals surface area (Å²) in [6, 6.07) is 18.6. The fourth-order valence-corrected chi connectivity index (χ4v) is 5.97. The Morgan fingerprint density at radius 1 is 1.03 bits per heavy atom. The van der Waals surface area contributed by atoms with E-state index < -0.39 is 10.0 Å². The number of rotatable bonds is 10. The molecule has 2 aromatic rings. The molecule has 1 aliphatic rings. The summed E-state index contributed by atoms with van der Waals surface area (Å²) in [4.78, 5) is 2.31. The van der Waals surface area contributed by atoms with Crippen LogP contribution in [-0.2, 0) is 23.0 Å². The Bertz CT molecular complexity index is 879. The third-order valence-corrected chi connectivity index (χ3v) is 8.09. The van der Waals surface area contributed by atoms with Crippen LogP contribution in [-0.4, -0.2) is 55.3 Å². The molecule has 0 unspecified atom stereocenters. The lowest BCUT2D eigenvalue weighted by Gasteiger charge is -2.32. The molecule has 0 amide bonds. The Hall–Kier alpha value is -1.34. The number of nitrogens with zero attached hydrogens (tertiary/aromatic N) is 2. The molecule has 0 aliphatic carbocycles. The standard InChI is InChI=1S/C24H34N2O2S2/c1-21-7-5-6-10-24(21)20-26(15-17-29)30(27,28)18-16-25-13-11-23(12-14-25)19-22-8-3-2-4-9-22/h2-10,23,29H,11-20H2,1H3. The molecule has 0 N–H and O–H groups in total. The molecule has 0 spiro atoms. The normalized spacial score (nSPS) is 16.2. The van der Waals surface area contributed by atoms with Gasteiger partial charge in [0.2, 0.25) is 10.0 Å². The number of thiol groups is 1. The second-order valence-electron chi connectivity index (χ2n) is 8.27. The average molecular weight is 447 g/mol. The summed E-state index contributed by atoms with van der Waals surface area (Å²) >= 11 is 4.29. The van der Waals surface area contributed by atoms with Crippen molar-refractivity contribution in [2.45, 2.75) is 32.7 Å². The van der Waals surface area contributed by atoms with Gasteiger partial charge in [-0.05, 0) is 61.9 Å². The van der Waals surface area contributed by atoms with Gasteiger partial charge in [0.05, 0.1) is 5.75 Å². The van der Waals surface area contributed by atoms with E-state index in [-0.39, 0.29) is 5.75 Å². The molecule has 0 radical (unpaired) electrons. The van der Waals surface area contributed by atoms with E-state index in [0.29, 0.717) is 31.3 Å². The van der Waals surface area contributed by atoms with Gasteiger partial charge in [-0.15, -0.1) is 0 Å². The first-order valence-electron chi connectivity index (χ1n) is 10.9. The molecule has 0 saturated carbocycles. The van der Waals surface area contributed by atoms with Crippen molar-refractivity contribution in [1.82, 2.24) is 9.21 Å². The van der Waals surface area contributed by atoms with Gasteiger partial charge in [0.25, 0.3) is 0 Å². The third-order valence-electron chi connectivity index (χ3n) is 6.09. The van der Waals surface area contributed by atoms with Gasteiger partial charge in [-0.25, -0.2) is 8.42 Å². The summed E-state index contributed by atoms with van der Waals surface area (Å²) in [5, 5.41) is 0. The smallest absolute Gasteiger partial charge is 0.215 e. The molecule has 1 fully saturated rings. The third kappa shape index (κ3) is 6.84. The van der Waals surface area contributed by atoms with Crippen molar-refractivity contribution < 1.29 is 8.42 Å². The molecule has 2 aromatic carbocycles. The molecule has 6 heteroatoms. The van der Waals surface area contributed by atoms with Crippen LogP contribution in [0.5, 0.6) is 0 Å². The lowest BCUT2D eigenvalue weighted by Crippen LogP contribution is -2.41. The van der Waals surface area contributed by atoms with Gasteiger partial charge in [0.15, 0.2) is 0 Å². The minimum Gasteiger partial charge on any atom is -0.302 e. The Kier molecular flexibility index (Phi) is 8.81. The Morgan fingerprint density at radius 2 is 1.70 bits per heavy atom. The van der Waals surface area contributed by atoms with Gasteiger partial charge >= 0.3 is 0 Å². The maximum absolute atomic E-state index is 13.0. The number of aryl methyl sites for hydroxylation is 1. The predicted molar refractivity (Wildman–Crippen MR) is 129 cm³/mol. The van der Waals surface area contributed by atoms with Crippen LogP contribution >= 0.6 is 12.6 Å². The molecule has 4 nitrogen and oxygen atoms in total. The number of hydrogen-bond acceptors (Lipinski definition) is 4.